The lowest BCUT2D eigenvalue weighted by atomic mass is 10.0. The van der Waals surface area contributed by atoms with Crippen molar-refractivity contribution in [1.29, 1.82) is 0 Å². The molecule has 7 heteroatoms. The van der Waals surface area contributed by atoms with E-state index in [2.05, 4.69) is 29.1 Å². The van der Waals surface area contributed by atoms with Gasteiger partial charge in [0.15, 0.2) is 0 Å². The molecule has 2 heterocycles. The molecule has 0 saturated carbocycles. The Balaban J connectivity index is 1.84. The molecule has 1 aromatic heterocycles. The Morgan fingerprint density at radius 3 is 2.86 bits per heavy atom. The predicted octanol–water partition coefficient (Wildman–Crippen LogP) is 2.87. The molecule has 2 amide bonds. The number of aryl methyl sites for hydroxylation is 1. The van der Waals surface area contributed by atoms with Crippen molar-refractivity contribution in [3.8, 4) is 0 Å². The first kappa shape index (κ1) is 20.8. The zero-order chi connectivity index (χ0) is 21.0. The van der Waals surface area contributed by atoms with Crippen molar-refractivity contribution in [2.24, 2.45) is 0 Å². The van der Waals surface area contributed by atoms with Crippen molar-refractivity contribution in [1.82, 2.24) is 20.2 Å². The number of nitrogens with zero attached hydrogens (tertiary/aromatic N) is 2. The molecule has 1 saturated heterocycles. The molecule has 0 radical (unpaired) electrons. The number of fused-ring (bicyclic) bond motifs is 1. The smallest absolute Gasteiger partial charge is 0.262 e. The standard InChI is InChI=1S/C22H28N4O3/c1-4-5-6-7-20(27)23-13-16-9-10-18-17(12-16)22(29)26(15(3)25-18)19-11-8-14(2)24-21(19)28/h9-10,12,19H,2,4-8,11,13H2,1,3H3,(H,23,27)(H,24,28). The van der Waals surface area contributed by atoms with E-state index in [4.69, 9.17) is 0 Å². The Kier molecular flexibility index (Phi) is 6.46. The maximum atomic E-state index is 13.2. The summed E-state index contributed by atoms with van der Waals surface area (Å²) in [5.74, 6) is 0.285. The highest BCUT2D eigenvalue weighted by Crippen LogP contribution is 2.22. The summed E-state index contributed by atoms with van der Waals surface area (Å²) in [4.78, 5) is 42.0. The van der Waals surface area contributed by atoms with Crippen LogP contribution in [-0.2, 0) is 16.1 Å². The molecule has 2 aromatic rings. The van der Waals surface area contributed by atoms with Crippen molar-refractivity contribution in [2.75, 3.05) is 0 Å². The molecular weight excluding hydrogens is 368 g/mol. The maximum Gasteiger partial charge on any atom is 0.262 e. The number of carbonyl (C=O) groups is 2. The highest BCUT2D eigenvalue weighted by molar-refractivity contribution is 5.84. The van der Waals surface area contributed by atoms with Crippen LogP contribution in [0, 0.1) is 6.92 Å². The number of amides is 2. The van der Waals surface area contributed by atoms with Crippen molar-refractivity contribution < 1.29 is 9.59 Å². The summed E-state index contributed by atoms with van der Waals surface area (Å²) < 4.78 is 1.47. The summed E-state index contributed by atoms with van der Waals surface area (Å²) in [7, 11) is 0. The van der Waals surface area contributed by atoms with Gasteiger partial charge >= 0.3 is 0 Å². The number of hydrogen-bond acceptors (Lipinski definition) is 4. The summed E-state index contributed by atoms with van der Waals surface area (Å²) in [6, 6.07) is 4.82. The number of nitrogens with one attached hydrogen (secondary N) is 2. The fourth-order valence-electron chi connectivity index (χ4n) is 3.67. The second-order valence-electron chi connectivity index (χ2n) is 7.57. The molecule has 2 N–H and O–H groups in total. The summed E-state index contributed by atoms with van der Waals surface area (Å²) in [5, 5.41) is 6.08. The largest absolute Gasteiger partial charge is 0.352 e. The van der Waals surface area contributed by atoms with Gasteiger partial charge in [-0.25, -0.2) is 4.98 Å². The zero-order valence-electron chi connectivity index (χ0n) is 17.1. The molecule has 7 nitrogen and oxygen atoms in total. The third-order valence-electron chi connectivity index (χ3n) is 5.27. The molecule has 1 atom stereocenters. The van der Waals surface area contributed by atoms with Gasteiger partial charge in [-0.3, -0.25) is 19.0 Å². The normalized spacial score (nSPS) is 16.7. The van der Waals surface area contributed by atoms with E-state index in [9.17, 15) is 14.4 Å². The lowest BCUT2D eigenvalue weighted by molar-refractivity contribution is -0.125. The Hall–Kier alpha value is -2.96. The Labute approximate surface area is 170 Å². The van der Waals surface area contributed by atoms with Gasteiger partial charge in [-0.2, -0.15) is 0 Å². The molecule has 0 aliphatic carbocycles. The number of allylic oxidation sites excluding steroid dienone is 1. The van der Waals surface area contributed by atoms with Gasteiger partial charge in [-0.1, -0.05) is 32.4 Å². The predicted molar refractivity (Wildman–Crippen MR) is 112 cm³/mol. The second kappa shape index (κ2) is 9.03. The van der Waals surface area contributed by atoms with E-state index in [1.165, 1.54) is 4.57 Å². The molecule has 1 aromatic carbocycles. The highest BCUT2D eigenvalue weighted by atomic mass is 16.2. The Morgan fingerprint density at radius 2 is 2.14 bits per heavy atom. The number of benzene rings is 1. The Morgan fingerprint density at radius 1 is 1.34 bits per heavy atom. The SMILES string of the molecule is C=C1CCC(n2c(C)nc3ccc(CNC(=O)CCCCC)cc3c2=O)C(=O)N1. The van der Waals surface area contributed by atoms with Crippen LogP contribution in [0.4, 0.5) is 0 Å². The summed E-state index contributed by atoms with van der Waals surface area (Å²) >= 11 is 0. The first-order valence-corrected chi connectivity index (χ1v) is 10.2. The molecule has 0 spiro atoms. The lowest BCUT2D eigenvalue weighted by Crippen LogP contribution is -2.41. The fourth-order valence-corrected chi connectivity index (χ4v) is 3.67. The van der Waals surface area contributed by atoms with Crippen LogP contribution in [0.2, 0.25) is 0 Å². The molecule has 29 heavy (non-hydrogen) atoms. The minimum Gasteiger partial charge on any atom is -0.352 e. The van der Waals surface area contributed by atoms with Crippen LogP contribution < -0.4 is 16.2 Å². The quantitative estimate of drug-likeness (QED) is 0.704. The van der Waals surface area contributed by atoms with Crippen molar-refractivity contribution >= 4 is 22.7 Å². The number of rotatable bonds is 7. The summed E-state index contributed by atoms with van der Waals surface area (Å²) in [5.41, 5.74) is 1.85. The Bertz CT molecular complexity index is 1010. The van der Waals surface area contributed by atoms with Crippen LogP contribution in [0.5, 0.6) is 0 Å². The molecule has 1 aliphatic heterocycles. The topological polar surface area (TPSA) is 93.1 Å². The third-order valence-corrected chi connectivity index (χ3v) is 5.27. The zero-order valence-corrected chi connectivity index (χ0v) is 17.1. The van der Waals surface area contributed by atoms with Gasteiger partial charge in [0.1, 0.15) is 11.9 Å². The van der Waals surface area contributed by atoms with Crippen molar-refractivity contribution in [3.63, 3.8) is 0 Å². The van der Waals surface area contributed by atoms with Crippen molar-refractivity contribution in [3.05, 3.63) is 52.2 Å². The molecule has 1 unspecified atom stereocenters. The number of aromatic nitrogens is 2. The lowest BCUT2D eigenvalue weighted by Gasteiger charge is -2.26. The van der Waals surface area contributed by atoms with E-state index in [0.29, 0.717) is 48.2 Å². The number of carbonyl (C=O) groups excluding carboxylic acids is 2. The molecule has 0 bridgehead atoms. The molecule has 3 rings (SSSR count). The molecule has 1 fully saturated rings. The average molecular weight is 396 g/mol. The van der Waals surface area contributed by atoms with Crippen LogP contribution >= 0.6 is 0 Å². The molecular formula is C22H28N4O3. The maximum absolute atomic E-state index is 13.2. The minimum atomic E-state index is -0.591. The van der Waals surface area contributed by atoms with Crippen LogP contribution in [0.3, 0.4) is 0 Å². The summed E-state index contributed by atoms with van der Waals surface area (Å²) in [6.45, 7) is 7.98. The minimum absolute atomic E-state index is 0.0112. The van der Waals surface area contributed by atoms with Crippen molar-refractivity contribution in [2.45, 2.75) is 65.0 Å². The average Bonchev–Trinajstić information content (AvgIpc) is 2.68. The fraction of sp³-hybridized carbons (Fsp3) is 0.455. The van der Waals surface area contributed by atoms with E-state index >= 15 is 0 Å². The second-order valence-corrected chi connectivity index (χ2v) is 7.57. The van der Waals surface area contributed by atoms with Gasteiger partial charge in [0, 0.05) is 18.7 Å². The van der Waals surface area contributed by atoms with E-state index in [1.807, 2.05) is 6.07 Å². The summed E-state index contributed by atoms with van der Waals surface area (Å²) in [6.07, 6.45) is 4.65. The monoisotopic (exact) mass is 396 g/mol. The van der Waals surface area contributed by atoms with Gasteiger partial charge in [-0.15, -0.1) is 0 Å². The highest BCUT2D eigenvalue weighted by Gasteiger charge is 2.28. The van der Waals surface area contributed by atoms with E-state index < -0.39 is 6.04 Å². The molecule has 1 aliphatic rings. The number of piperidine rings is 1. The number of hydrogen-bond donors (Lipinski definition) is 2. The van der Waals surface area contributed by atoms with Gasteiger partial charge in [0.05, 0.1) is 10.9 Å². The molecule has 154 valence electrons. The van der Waals surface area contributed by atoms with Crippen LogP contribution in [0.1, 0.15) is 62.9 Å². The van der Waals surface area contributed by atoms with E-state index in [-0.39, 0.29) is 17.4 Å². The first-order chi connectivity index (χ1) is 13.9. The number of unbranched alkanes of at least 4 members (excludes halogenated alkanes) is 2. The third kappa shape index (κ3) is 4.72. The van der Waals surface area contributed by atoms with E-state index in [1.54, 1.807) is 19.1 Å². The van der Waals surface area contributed by atoms with Gasteiger partial charge in [-0.05, 0) is 43.9 Å². The van der Waals surface area contributed by atoms with Crippen LogP contribution in [0.15, 0.2) is 35.3 Å². The van der Waals surface area contributed by atoms with Gasteiger partial charge < -0.3 is 10.6 Å². The van der Waals surface area contributed by atoms with Gasteiger partial charge in [0.2, 0.25) is 11.8 Å². The van der Waals surface area contributed by atoms with Crippen LogP contribution in [0.25, 0.3) is 10.9 Å². The first-order valence-electron chi connectivity index (χ1n) is 10.2. The van der Waals surface area contributed by atoms with Crippen LogP contribution in [-0.4, -0.2) is 21.4 Å². The van der Waals surface area contributed by atoms with Gasteiger partial charge in [0.25, 0.3) is 5.56 Å². The van der Waals surface area contributed by atoms with E-state index in [0.717, 1.165) is 24.8 Å².